The zero-order valence-corrected chi connectivity index (χ0v) is 10.6. The molecule has 3 rings (SSSR count). The molecule has 18 heavy (non-hydrogen) atoms. The van der Waals surface area contributed by atoms with Gasteiger partial charge in [0.15, 0.2) is 0 Å². The molecule has 1 amide bonds. The molecule has 0 radical (unpaired) electrons. The van der Waals surface area contributed by atoms with E-state index in [2.05, 4.69) is 11.4 Å². The fourth-order valence-electron chi connectivity index (χ4n) is 2.97. The molecule has 0 bridgehead atoms. The number of hydrogen-bond acceptors (Lipinski definition) is 2. The van der Waals surface area contributed by atoms with Gasteiger partial charge in [0.1, 0.15) is 0 Å². The number of allylic oxidation sites excluding steroid dienone is 1. The summed E-state index contributed by atoms with van der Waals surface area (Å²) >= 11 is 0. The minimum absolute atomic E-state index is 0.172. The fraction of sp³-hybridized carbons (Fsp3) is 0.400. The van der Waals surface area contributed by atoms with Gasteiger partial charge in [-0.2, -0.15) is 0 Å². The maximum absolute atomic E-state index is 12.5. The summed E-state index contributed by atoms with van der Waals surface area (Å²) in [6, 6.07) is 8.47. The maximum atomic E-state index is 12.5. The first-order valence-electron chi connectivity index (χ1n) is 6.63. The Balaban J connectivity index is 2.02. The second-order valence-electron chi connectivity index (χ2n) is 4.88. The number of amides is 1. The number of carbonyl (C=O) groups is 1. The predicted molar refractivity (Wildman–Crippen MR) is 73.5 cm³/mol. The van der Waals surface area contributed by atoms with Gasteiger partial charge in [-0.05, 0) is 38.9 Å². The van der Waals surface area contributed by atoms with Crippen LogP contribution in [-0.4, -0.2) is 25.0 Å². The molecule has 94 valence electrons. The van der Waals surface area contributed by atoms with Gasteiger partial charge in [0.25, 0.3) is 5.91 Å². The van der Waals surface area contributed by atoms with E-state index in [-0.39, 0.29) is 5.91 Å². The maximum Gasteiger partial charge on any atom is 0.258 e. The van der Waals surface area contributed by atoms with Gasteiger partial charge in [-0.3, -0.25) is 4.79 Å². The normalized spacial score (nSPS) is 22.6. The van der Waals surface area contributed by atoms with Crippen LogP contribution in [0.25, 0.3) is 5.57 Å². The molecule has 0 aliphatic carbocycles. The van der Waals surface area contributed by atoms with Crippen molar-refractivity contribution in [1.29, 1.82) is 0 Å². The first-order chi connectivity index (χ1) is 8.83. The summed E-state index contributed by atoms with van der Waals surface area (Å²) in [7, 11) is 0. The lowest BCUT2D eigenvalue weighted by Gasteiger charge is -2.31. The average Bonchev–Trinajstić information content (AvgIpc) is 2.71. The van der Waals surface area contributed by atoms with Gasteiger partial charge in [-0.15, -0.1) is 0 Å². The minimum atomic E-state index is 0.172. The summed E-state index contributed by atoms with van der Waals surface area (Å²) in [5, 5.41) is 3.35. The second kappa shape index (κ2) is 4.58. The molecule has 0 aromatic heterocycles. The van der Waals surface area contributed by atoms with Gasteiger partial charge < -0.3 is 10.2 Å². The molecule has 3 heteroatoms. The summed E-state index contributed by atoms with van der Waals surface area (Å²) < 4.78 is 0. The van der Waals surface area contributed by atoms with E-state index >= 15 is 0 Å². The van der Waals surface area contributed by atoms with Crippen molar-refractivity contribution in [2.45, 2.75) is 25.8 Å². The predicted octanol–water partition coefficient (Wildman–Crippen LogP) is 2.19. The standard InChI is InChI=1S/C15H18N2O/c1-2-12-13-5-3-4-6-14(13)17(15(12)18)11-7-9-16-10-8-11/h2-6,11,16H,7-10H2,1H3. The number of rotatable bonds is 1. The molecular weight excluding hydrogens is 224 g/mol. The number of para-hydroxylation sites is 1. The Morgan fingerprint density at radius 2 is 2.00 bits per heavy atom. The number of piperidine rings is 1. The summed E-state index contributed by atoms with van der Waals surface area (Å²) in [5.41, 5.74) is 3.02. The smallest absolute Gasteiger partial charge is 0.258 e. The SMILES string of the molecule is CC=C1C(=O)N(C2CCNCC2)c2ccccc21. The van der Waals surface area contributed by atoms with Crippen LogP contribution in [0.5, 0.6) is 0 Å². The van der Waals surface area contributed by atoms with Crippen LogP contribution >= 0.6 is 0 Å². The van der Waals surface area contributed by atoms with Crippen molar-refractivity contribution in [2.75, 3.05) is 18.0 Å². The third-order valence-corrected chi connectivity index (χ3v) is 3.87. The highest BCUT2D eigenvalue weighted by molar-refractivity contribution is 6.32. The number of benzene rings is 1. The van der Waals surface area contributed by atoms with E-state index in [0.29, 0.717) is 6.04 Å². The molecule has 2 heterocycles. The molecule has 2 aliphatic heterocycles. The highest BCUT2D eigenvalue weighted by Gasteiger charge is 2.36. The van der Waals surface area contributed by atoms with Crippen LogP contribution in [0.3, 0.4) is 0 Å². The quantitative estimate of drug-likeness (QED) is 0.766. The van der Waals surface area contributed by atoms with Crippen LogP contribution < -0.4 is 10.2 Å². The molecule has 1 aromatic rings. The van der Waals surface area contributed by atoms with E-state index in [1.807, 2.05) is 36.1 Å². The molecule has 0 atom stereocenters. The molecule has 2 aliphatic rings. The monoisotopic (exact) mass is 242 g/mol. The first kappa shape index (κ1) is 11.5. The van der Waals surface area contributed by atoms with Crippen molar-refractivity contribution in [1.82, 2.24) is 5.32 Å². The van der Waals surface area contributed by atoms with Gasteiger partial charge in [-0.25, -0.2) is 0 Å². The molecule has 0 spiro atoms. The lowest BCUT2D eigenvalue weighted by atomic mass is 10.0. The highest BCUT2D eigenvalue weighted by Crippen LogP contribution is 2.38. The molecule has 0 unspecified atom stereocenters. The van der Waals surface area contributed by atoms with E-state index in [9.17, 15) is 4.79 Å². The van der Waals surface area contributed by atoms with Gasteiger partial charge in [0.2, 0.25) is 0 Å². The highest BCUT2D eigenvalue weighted by atomic mass is 16.2. The minimum Gasteiger partial charge on any atom is -0.317 e. The summed E-state index contributed by atoms with van der Waals surface area (Å²) in [5.74, 6) is 0.172. The van der Waals surface area contributed by atoms with Crippen LogP contribution in [0.15, 0.2) is 30.3 Å². The Morgan fingerprint density at radius 3 is 2.72 bits per heavy atom. The van der Waals surface area contributed by atoms with Crippen LogP contribution in [0.1, 0.15) is 25.3 Å². The molecular formula is C15H18N2O. The zero-order chi connectivity index (χ0) is 12.5. The van der Waals surface area contributed by atoms with Crippen molar-refractivity contribution in [3.05, 3.63) is 35.9 Å². The number of carbonyl (C=O) groups excluding carboxylic acids is 1. The van der Waals surface area contributed by atoms with Crippen LogP contribution in [-0.2, 0) is 4.79 Å². The molecule has 0 saturated carbocycles. The summed E-state index contributed by atoms with van der Waals surface area (Å²) in [6.07, 6.45) is 4.01. The van der Waals surface area contributed by atoms with E-state index in [0.717, 1.165) is 42.8 Å². The van der Waals surface area contributed by atoms with Crippen LogP contribution in [0, 0.1) is 0 Å². The average molecular weight is 242 g/mol. The molecule has 1 fully saturated rings. The number of nitrogens with zero attached hydrogens (tertiary/aromatic N) is 1. The summed E-state index contributed by atoms with van der Waals surface area (Å²) in [4.78, 5) is 14.5. The van der Waals surface area contributed by atoms with Crippen molar-refractivity contribution < 1.29 is 4.79 Å². The Labute approximate surface area is 107 Å². The third-order valence-electron chi connectivity index (χ3n) is 3.87. The Kier molecular flexibility index (Phi) is 2.92. The zero-order valence-electron chi connectivity index (χ0n) is 10.6. The topological polar surface area (TPSA) is 32.3 Å². The molecule has 1 saturated heterocycles. The van der Waals surface area contributed by atoms with Crippen LogP contribution in [0.2, 0.25) is 0 Å². The number of nitrogens with one attached hydrogen (secondary N) is 1. The molecule has 1 aromatic carbocycles. The lowest BCUT2D eigenvalue weighted by Crippen LogP contribution is -2.44. The van der Waals surface area contributed by atoms with Crippen LogP contribution in [0.4, 0.5) is 5.69 Å². The number of hydrogen-bond donors (Lipinski definition) is 1. The van der Waals surface area contributed by atoms with Crippen molar-refractivity contribution in [2.24, 2.45) is 0 Å². The van der Waals surface area contributed by atoms with Crippen molar-refractivity contribution >= 4 is 17.2 Å². The molecule has 3 nitrogen and oxygen atoms in total. The lowest BCUT2D eigenvalue weighted by molar-refractivity contribution is -0.113. The van der Waals surface area contributed by atoms with Gasteiger partial charge in [-0.1, -0.05) is 24.3 Å². The first-order valence-corrected chi connectivity index (χ1v) is 6.63. The van der Waals surface area contributed by atoms with Crippen molar-refractivity contribution in [3.63, 3.8) is 0 Å². The van der Waals surface area contributed by atoms with E-state index < -0.39 is 0 Å². The van der Waals surface area contributed by atoms with Crippen molar-refractivity contribution in [3.8, 4) is 0 Å². The largest absolute Gasteiger partial charge is 0.317 e. The molecule has 1 N–H and O–H groups in total. The Morgan fingerprint density at radius 1 is 1.28 bits per heavy atom. The Bertz CT molecular complexity index is 501. The van der Waals surface area contributed by atoms with E-state index in [1.165, 1.54) is 0 Å². The Hall–Kier alpha value is -1.61. The number of fused-ring (bicyclic) bond motifs is 1. The van der Waals surface area contributed by atoms with E-state index in [4.69, 9.17) is 0 Å². The van der Waals surface area contributed by atoms with Gasteiger partial charge >= 0.3 is 0 Å². The van der Waals surface area contributed by atoms with Gasteiger partial charge in [0, 0.05) is 17.2 Å². The second-order valence-corrected chi connectivity index (χ2v) is 4.88. The fourth-order valence-corrected chi connectivity index (χ4v) is 2.97. The number of anilines is 1. The van der Waals surface area contributed by atoms with Gasteiger partial charge in [0.05, 0.1) is 5.69 Å². The third kappa shape index (κ3) is 1.66. The summed E-state index contributed by atoms with van der Waals surface area (Å²) in [6.45, 7) is 3.94. The van der Waals surface area contributed by atoms with E-state index in [1.54, 1.807) is 0 Å².